The van der Waals surface area contributed by atoms with E-state index in [0.717, 1.165) is 6.54 Å². The average Bonchev–Trinajstić information content (AvgIpc) is 2.67. The van der Waals surface area contributed by atoms with Crippen LogP contribution in [-0.4, -0.2) is 17.7 Å². The van der Waals surface area contributed by atoms with Crippen molar-refractivity contribution in [2.24, 2.45) is 0 Å². The smallest absolute Gasteiger partial charge is 0.200 e. The van der Waals surface area contributed by atoms with Gasteiger partial charge < -0.3 is 14.4 Å². The number of hydrogen-bond donors (Lipinski definition) is 2. The first-order chi connectivity index (χ1) is 13.1. The molecule has 0 spiro atoms. The van der Waals surface area contributed by atoms with E-state index in [1.165, 1.54) is 30.4 Å². The van der Waals surface area contributed by atoms with E-state index in [4.69, 9.17) is 16.0 Å². The van der Waals surface area contributed by atoms with Gasteiger partial charge in [0.25, 0.3) is 0 Å². The third kappa shape index (κ3) is 3.35. The highest BCUT2D eigenvalue weighted by Gasteiger charge is 2.25. The summed E-state index contributed by atoms with van der Waals surface area (Å²) in [6, 6.07) is 11.0. The van der Waals surface area contributed by atoms with Crippen molar-refractivity contribution in [2.45, 2.75) is 38.8 Å². The van der Waals surface area contributed by atoms with E-state index in [1.54, 1.807) is 24.3 Å². The molecule has 5 heteroatoms. The van der Waals surface area contributed by atoms with Gasteiger partial charge in [-0.2, -0.15) is 0 Å². The Morgan fingerprint density at radius 1 is 1.19 bits per heavy atom. The molecule has 2 unspecified atom stereocenters. The molecule has 2 aromatic carbocycles. The van der Waals surface area contributed by atoms with Gasteiger partial charge in [-0.05, 0) is 44.4 Å². The highest BCUT2D eigenvalue weighted by Crippen LogP contribution is 2.30. The van der Waals surface area contributed by atoms with Crippen molar-refractivity contribution in [2.75, 3.05) is 6.54 Å². The molecule has 0 radical (unpaired) electrons. The first-order valence-corrected chi connectivity index (χ1v) is 9.80. The number of halogens is 1. The number of hydrogen-bond acceptors (Lipinski definition) is 3. The first kappa shape index (κ1) is 18.1. The first-order valence-electron chi connectivity index (χ1n) is 9.42. The predicted octanol–water partition coefficient (Wildman–Crippen LogP) is 3.78. The standard InChI is InChI=1S/C22H22ClNO3/c1-14-6-4-5-11-24(14)12-17-20(25)10-9-16-21(26)18(13-27-22(16)17)15-7-2-3-8-19(15)23/h2-3,7-10,13-14,25H,4-6,11-12H2,1H3/p+1. The Morgan fingerprint density at radius 2 is 2.00 bits per heavy atom. The molecule has 27 heavy (non-hydrogen) atoms. The molecule has 0 saturated carbocycles. The predicted molar refractivity (Wildman–Crippen MR) is 107 cm³/mol. The van der Waals surface area contributed by atoms with Crippen LogP contribution >= 0.6 is 11.6 Å². The number of quaternary nitrogens is 1. The molecule has 1 aliphatic rings. The van der Waals surface area contributed by atoms with E-state index in [-0.39, 0.29) is 11.2 Å². The van der Waals surface area contributed by atoms with Crippen molar-refractivity contribution < 1.29 is 14.4 Å². The van der Waals surface area contributed by atoms with E-state index in [0.29, 0.717) is 45.3 Å². The summed E-state index contributed by atoms with van der Waals surface area (Å²) in [7, 11) is 0. The maximum absolute atomic E-state index is 13.1. The summed E-state index contributed by atoms with van der Waals surface area (Å²) in [6.45, 7) is 3.96. The molecule has 1 fully saturated rings. The number of aromatic hydroxyl groups is 1. The summed E-state index contributed by atoms with van der Waals surface area (Å²) in [4.78, 5) is 14.5. The summed E-state index contributed by atoms with van der Waals surface area (Å²) in [5.41, 5.74) is 2.13. The summed E-state index contributed by atoms with van der Waals surface area (Å²) < 4.78 is 5.89. The van der Waals surface area contributed by atoms with Crippen LogP contribution in [0.1, 0.15) is 31.7 Å². The third-order valence-corrected chi connectivity index (χ3v) is 6.00. The van der Waals surface area contributed by atoms with E-state index < -0.39 is 0 Å². The number of phenolic OH excluding ortho intramolecular Hbond substituents is 1. The molecule has 4 rings (SSSR count). The van der Waals surface area contributed by atoms with Crippen LogP contribution in [0.15, 0.2) is 51.9 Å². The number of piperidine rings is 1. The summed E-state index contributed by atoms with van der Waals surface area (Å²) in [6.07, 6.45) is 5.08. The maximum Gasteiger partial charge on any atom is 0.200 e. The minimum absolute atomic E-state index is 0.132. The second-order valence-corrected chi connectivity index (χ2v) is 7.79. The molecular weight excluding hydrogens is 362 g/mol. The summed E-state index contributed by atoms with van der Waals surface area (Å²) >= 11 is 6.26. The molecule has 1 aliphatic heterocycles. The Bertz CT molecular complexity index is 1040. The number of fused-ring (bicyclic) bond motifs is 1. The molecule has 0 aliphatic carbocycles. The molecule has 140 valence electrons. The van der Waals surface area contributed by atoms with Gasteiger partial charge in [0.05, 0.1) is 29.1 Å². The summed E-state index contributed by atoms with van der Waals surface area (Å²) in [5, 5.41) is 11.4. The van der Waals surface area contributed by atoms with Crippen LogP contribution in [0.25, 0.3) is 22.1 Å². The zero-order valence-corrected chi connectivity index (χ0v) is 16.1. The van der Waals surface area contributed by atoms with Gasteiger partial charge in [-0.15, -0.1) is 0 Å². The molecule has 2 N–H and O–H groups in total. The normalized spacial score (nSPS) is 20.1. The second-order valence-electron chi connectivity index (χ2n) is 7.38. The lowest BCUT2D eigenvalue weighted by atomic mass is 10.0. The quantitative estimate of drug-likeness (QED) is 0.722. The molecule has 1 aromatic heterocycles. The van der Waals surface area contributed by atoms with Crippen LogP contribution < -0.4 is 10.3 Å². The van der Waals surface area contributed by atoms with Crippen molar-refractivity contribution in [3.05, 3.63) is 63.5 Å². The van der Waals surface area contributed by atoms with Crippen LogP contribution in [-0.2, 0) is 6.54 Å². The Kier molecular flexibility index (Phi) is 4.94. The van der Waals surface area contributed by atoms with Gasteiger partial charge in [0.15, 0.2) is 0 Å². The van der Waals surface area contributed by atoms with Crippen molar-refractivity contribution in [3.63, 3.8) is 0 Å². The van der Waals surface area contributed by atoms with Crippen LogP contribution in [0.3, 0.4) is 0 Å². The minimum atomic E-state index is -0.132. The lowest BCUT2D eigenvalue weighted by Gasteiger charge is -2.30. The van der Waals surface area contributed by atoms with Gasteiger partial charge in [0, 0.05) is 10.6 Å². The molecular formula is C22H23ClNO3+. The largest absolute Gasteiger partial charge is 0.507 e. The van der Waals surface area contributed by atoms with Gasteiger partial charge in [0.2, 0.25) is 5.43 Å². The minimum Gasteiger partial charge on any atom is -0.507 e. The Hall–Kier alpha value is -2.30. The molecule has 3 aromatic rings. The number of rotatable bonds is 3. The molecule has 1 saturated heterocycles. The second kappa shape index (κ2) is 7.37. The van der Waals surface area contributed by atoms with E-state index in [2.05, 4.69) is 6.92 Å². The average molecular weight is 385 g/mol. The highest BCUT2D eigenvalue weighted by atomic mass is 35.5. The van der Waals surface area contributed by atoms with Gasteiger partial charge in [0.1, 0.15) is 24.1 Å². The van der Waals surface area contributed by atoms with Crippen LogP contribution in [0, 0.1) is 0 Å². The Labute approximate surface area is 163 Å². The maximum atomic E-state index is 13.1. The zero-order chi connectivity index (χ0) is 19.0. The fourth-order valence-corrected chi connectivity index (χ4v) is 4.26. The van der Waals surface area contributed by atoms with Gasteiger partial charge in [-0.25, -0.2) is 0 Å². The van der Waals surface area contributed by atoms with Gasteiger partial charge in [-0.3, -0.25) is 4.79 Å². The zero-order valence-electron chi connectivity index (χ0n) is 15.3. The molecule has 0 bridgehead atoms. The van der Waals surface area contributed by atoms with Crippen LogP contribution in [0.4, 0.5) is 0 Å². The number of phenols is 1. The third-order valence-electron chi connectivity index (χ3n) is 5.67. The fourth-order valence-electron chi connectivity index (χ4n) is 4.03. The molecule has 2 atom stereocenters. The van der Waals surface area contributed by atoms with Crippen LogP contribution in [0.2, 0.25) is 5.02 Å². The van der Waals surface area contributed by atoms with Crippen molar-refractivity contribution in [1.29, 1.82) is 0 Å². The lowest BCUT2D eigenvalue weighted by molar-refractivity contribution is -0.941. The van der Waals surface area contributed by atoms with Crippen molar-refractivity contribution in [3.8, 4) is 16.9 Å². The SMILES string of the molecule is CC1CCCC[NH+]1Cc1c(O)ccc2c(=O)c(-c3ccccc3Cl)coc12. The Morgan fingerprint density at radius 3 is 2.78 bits per heavy atom. The fraction of sp³-hybridized carbons (Fsp3) is 0.318. The number of benzene rings is 2. The van der Waals surface area contributed by atoms with Gasteiger partial charge >= 0.3 is 0 Å². The summed E-state index contributed by atoms with van der Waals surface area (Å²) in [5.74, 6) is 0.182. The number of nitrogens with one attached hydrogen (secondary N) is 1. The highest BCUT2D eigenvalue weighted by molar-refractivity contribution is 6.33. The monoisotopic (exact) mass is 384 g/mol. The molecule has 2 heterocycles. The van der Waals surface area contributed by atoms with E-state index in [9.17, 15) is 9.90 Å². The Balaban J connectivity index is 1.82. The lowest BCUT2D eigenvalue weighted by Crippen LogP contribution is -3.14. The molecule has 0 amide bonds. The number of likely N-dealkylation sites (tertiary alicyclic amines) is 1. The van der Waals surface area contributed by atoms with Gasteiger partial charge in [-0.1, -0.05) is 29.8 Å². The van der Waals surface area contributed by atoms with E-state index in [1.807, 2.05) is 12.1 Å². The van der Waals surface area contributed by atoms with Crippen molar-refractivity contribution in [1.82, 2.24) is 0 Å². The van der Waals surface area contributed by atoms with Crippen molar-refractivity contribution >= 4 is 22.6 Å². The topological polar surface area (TPSA) is 54.9 Å². The van der Waals surface area contributed by atoms with E-state index >= 15 is 0 Å². The van der Waals surface area contributed by atoms with Crippen LogP contribution in [0.5, 0.6) is 5.75 Å². The molecule has 4 nitrogen and oxygen atoms in total.